The monoisotopic (exact) mass is 293 g/mol. The van der Waals surface area contributed by atoms with Crippen LogP contribution in [0.1, 0.15) is 6.92 Å². The van der Waals surface area contributed by atoms with E-state index < -0.39 is 0 Å². The topological polar surface area (TPSA) is 46.2 Å². The van der Waals surface area contributed by atoms with Gasteiger partial charge in [-0.3, -0.25) is 4.90 Å². The maximum absolute atomic E-state index is 5.83. The summed E-state index contributed by atoms with van der Waals surface area (Å²) in [4.78, 5) is 6.42. The quantitative estimate of drug-likeness (QED) is 0.691. The summed E-state index contributed by atoms with van der Waals surface area (Å²) >= 11 is 0. The van der Waals surface area contributed by atoms with Gasteiger partial charge in [-0.1, -0.05) is 6.92 Å². The molecule has 0 saturated carbocycles. The first-order valence-electron chi connectivity index (χ1n) is 7.88. The van der Waals surface area contributed by atoms with E-state index in [-0.39, 0.29) is 0 Å². The lowest BCUT2D eigenvalue weighted by atomic mass is 10.2. The van der Waals surface area contributed by atoms with Crippen molar-refractivity contribution < 1.29 is 9.64 Å². The second-order valence-electron chi connectivity index (χ2n) is 5.95. The van der Waals surface area contributed by atoms with Crippen LogP contribution in [0.2, 0.25) is 0 Å². The third kappa shape index (κ3) is 4.51. The lowest BCUT2D eigenvalue weighted by molar-refractivity contribution is -0.857. The first kappa shape index (κ1) is 15.9. The molecule has 1 aliphatic rings. The van der Waals surface area contributed by atoms with Gasteiger partial charge in [0.1, 0.15) is 12.4 Å². The molecule has 21 heavy (non-hydrogen) atoms. The molecule has 0 spiro atoms. The average Bonchev–Trinajstić information content (AvgIpc) is 2.46. The van der Waals surface area contributed by atoms with Crippen LogP contribution in [0.3, 0.4) is 0 Å². The highest BCUT2D eigenvalue weighted by Crippen LogP contribution is 2.32. The van der Waals surface area contributed by atoms with E-state index in [1.807, 2.05) is 12.1 Å². The molecule has 1 aliphatic heterocycles. The third-order valence-corrected chi connectivity index (χ3v) is 4.00. The van der Waals surface area contributed by atoms with E-state index in [0.717, 1.165) is 50.8 Å². The van der Waals surface area contributed by atoms with Crippen LogP contribution in [0, 0.1) is 0 Å². The largest absolute Gasteiger partial charge is 0.489 e. The van der Waals surface area contributed by atoms with E-state index in [0.29, 0.717) is 0 Å². The van der Waals surface area contributed by atoms with Crippen LogP contribution < -0.4 is 20.3 Å². The fourth-order valence-corrected chi connectivity index (χ4v) is 2.60. The molecule has 118 valence electrons. The van der Waals surface area contributed by atoms with Crippen molar-refractivity contribution in [2.75, 3.05) is 70.6 Å². The number of nitrogen functional groups attached to an aromatic ring is 1. The van der Waals surface area contributed by atoms with Gasteiger partial charge in [0, 0.05) is 31.4 Å². The molecule has 0 amide bonds. The number of nitrogens with two attached hydrogens (primary N) is 1. The molecule has 2 rings (SSSR count). The predicted molar refractivity (Wildman–Crippen MR) is 88.4 cm³/mol. The molecule has 0 unspecified atom stereocenters. The second-order valence-corrected chi connectivity index (χ2v) is 5.95. The molecule has 1 aromatic rings. The number of hydrogen-bond acceptors (Lipinski definition) is 4. The fourth-order valence-electron chi connectivity index (χ4n) is 2.60. The van der Waals surface area contributed by atoms with Gasteiger partial charge in [0.25, 0.3) is 0 Å². The number of nitrogens with zero attached hydrogens (tertiary/aromatic N) is 2. The average molecular weight is 293 g/mol. The first-order chi connectivity index (χ1) is 10.1. The van der Waals surface area contributed by atoms with Crippen molar-refractivity contribution in [3.05, 3.63) is 18.2 Å². The normalized spacial score (nSPS) is 14.4. The maximum Gasteiger partial charge on any atom is 0.144 e. The van der Waals surface area contributed by atoms with E-state index in [1.54, 1.807) is 0 Å². The molecule has 0 bridgehead atoms. The highest BCUT2D eigenvalue weighted by atomic mass is 16.5. The Morgan fingerprint density at radius 3 is 2.86 bits per heavy atom. The van der Waals surface area contributed by atoms with Gasteiger partial charge in [-0.05, 0) is 18.7 Å². The zero-order valence-electron chi connectivity index (χ0n) is 13.6. The van der Waals surface area contributed by atoms with Gasteiger partial charge in [0.15, 0.2) is 0 Å². The Hall–Kier alpha value is -1.46. The lowest BCUT2D eigenvalue weighted by Crippen LogP contribution is -3.06. The summed E-state index contributed by atoms with van der Waals surface area (Å²) in [6, 6.07) is 5.95. The number of fused-ring (bicyclic) bond motifs is 1. The van der Waals surface area contributed by atoms with Gasteiger partial charge in [-0.2, -0.15) is 0 Å². The van der Waals surface area contributed by atoms with Crippen molar-refractivity contribution in [3.63, 3.8) is 0 Å². The molecular formula is C16H29N4O+. The first-order valence-corrected chi connectivity index (χ1v) is 7.88. The minimum absolute atomic E-state index is 0.741. The van der Waals surface area contributed by atoms with Gasteiger partial charge in [0.2, 0.25) is 0 Å². The van der Waals surface area contributed by atoms with E-state index in [2.05, 4.69) is 36.9 Å². The van der Waals surface area contributed by atoms with Crippen molar-refractivity contribution in [2.45, 2.75) is 6.92 Å². The molecule has 0 aliphatic carbocycles. The van der Waals surface area contributed by atoms with E-state index >= 15 is 0 Å². The summed E-state index contributed by atoms with van der Waals surface area (Å²) in [5.74, 6) is 0.919. The maximum atomic E-state index is 5.83. The minimum Gasteiger partial charge on any atom is -0.489 e. The van der Waals surface area contributed by atoms with Crippen molar-refractivity contribution in [2.24, 2.45) is 0 Å². The summed E-state index contributed by atoms with van der Waals surface area (Å²) in [7, 11) is 4.41. The SMILES string of the molecule is CCN(CCN1CCOc2cc(N)ccc21)CC[NH+](C)C. The second kappa shape index (κ2) is 7.52. The zero-order chi connectivity index (χ0) is 15.2. The van der Waals surface area contributed by atoms with E-state index in [4.69, 9.17) is 10.5 Å². The van der Waals surface area contributed by atoms with E-state index in [9.17, 15) is 0 Å². The van der Waals surface area contributed by atoms with Crippen LogP contribution in [0.15, 0.2) is 18.2 Å². The molecular weight excluding hydrogens is 264 g/mol. The van der Waals surface area contributed by atoms with Crippen LogP contribution in [0.5, 0.6) is 5.75 Å². The van der Waals surface area contributed by atoms with Crippen molar-refractivity contribution in [3.8, 4) is 5.75 Å². The molecule has 0 aromatic heterocycles. The molecule has 3 N–H and O–H groups in total. The molecule has 0 atom stereocenters. The fraction of sp³-hybridized carbons (Fsp3) is 0.625. The van der Waals surface area contributed by atoms with Crippen LogP contribution in [-0.2, 0) is 0 Å². The Bertz CT molecular complexity index is 450. The Morgan fingerprint density at radius 1 is 1.33 bits per heavy atom. The third-order valence-electron chi connectivity index (χ3n) is 4.00. The van der Waals surface area contributed by atoms with Gasteiger partial charge < -0.3 is 20.3 Å². The number of anilines is 2. The van der Waals surface area contributed by atoms with Crippen molar-refractivity contribution >= 4 is 11.4 Å². The standard InChI is InChI=1S/C16H28N4O/c1-4-19(8-7-18(2)3)9-10-20-11-12-21-16-13-14(17)5-6-15(16)20/h5-6,13H,4,7-12,17H2,1-3H3/p+1. The minimum atomic E-state index is 0.741. The number of hydrogen-bond donors (Lipinski definition) is 2. The number of rotatable bonds is 7. The Morgan fingerprint density at radius 2 is 2.14 bits per heavy atom. The predicted octanol–water partition coefficient (Wildman–Crippen LogP) is -0.0660. The molecule has 0 fully saturated rings. The van der Waals surface area contributed by atoms with Crippen LogP contribution in [-0.4, -0.2) is 64.9 Å². The van der Waals surface area contributed by atoms with Crippen molar-refractivity contribution in [1.29, 1.82) is 0 Å². The van der Waals surface area contributed by atoms with Gasteiger partial charge in [-0.25, -0.2) is 0 Å². The number of nitrogens with one attached hydrogen (secondary N) is 1. The van der Waals surface area contributed by atoms with Gasteiger partial charge in [-0.15, -0.1) is 0 Å². The van der Waals surface area contributed by atoms with Crippen LogP contribution in [0.25, 0.3) is 0 Å². The van der Waals surface area contributed by atoms with E-state index in [1.165, 1.54) is 17.1 Å². The molecule has 0 saturated heterocycles. The Kier molecular flexibility index (Phi) is 5.70. The molecule has 1 heterocycles. The number of ether oxygens (including phenoxy) is 1. The van der Waals surface area contributed by atoms with Crippen LogP contribution >= 0.6 is 0 Å². The van der Waals surface area contributed by atoms with Gasteiger partial charge in [0.05, 0.1) is 32.9 Å². The number of quaternary nitrogens is 1. The molecule has 1 aromatic carbocycles. The zero-order valence-corrected chi connectivity index (χ0v) is 13.6. The summed E-state index contributed by atoms with van der Waals surface area (Å²) in [6.07, 6.45) is 0. The summed E-state index contributed by atoms with van der Waals surface area (Å²) < 4.78 is 5.71. The highest BCUT2D eigenvalue weighted by molar-refractivity contribution is 5.65. The Balaban J connectivity index is 1.92. The van der Waals surface area contributed by atoms with Gasteiger partial charge >= 0.3 is 0 Å². The highest BCUT2D eigenvalue weighted by Gasteiger charge is 2.18. The lowest BCUT2D eigenvalue weighted by Gasteiger charge is -2.33. The summed E-state index contributed by atoms with van der Waals surface area (Å²) in [5, 5.41) is 0. The molecule has 0 radical (unpaired) electrons. The van der Waals surface area contributed by atoms with Crippen LogP contribution in [0.4, 0.5) is 11.4 Å². The van der Waals surface area contributed by atoms with Crippen molar-refractivity contribution in [1.82, 2.24) is 4.90 Å². The smallest absolute Gasteiger partial charge is 0.144 e. The molecule has 5 nitrogen and oxygen atoms in total. The summed E-state index contributed by atoms with van der Waals surface area (Å²) in [6.45, 7) is 9.50. The Labute approximate surface area is 128 Å². The number of likely N-dealkylation sites (N-methyl/N-ethyl adjacent to an activating group) is 2. The summed E-state index contributed by atoms with van der Waals surface area (Å²) in [5.41, 5.74) is 7.76. The molecule has 5 heteroatoms. The number of benzene rings is 1.